The Morgan fingerprint density at radius 1 is 1.50 bits per heavy atom. The highest BCUT2D eigenvalue weighted by Gasteiger charge is 2.21. The zero-order chi connectivity index (χ0) is 10.4. The summed E-state index contributed by atoms with van der Waals surface area (Å²) in [5.74, 6) is 2.01. The molecule has 0 heterocycles. The summed E-state index contributed by atoms with van der Waals surface area (Å²) in [6.45, 7) is 0. The Morgan fingerprint density at radius 2 is 2.14 bits per heavy atom. The number of hydrogen-bond donors (Lipinski definition) is 1. The summed E-state index contributed by atoms with van der Waals surface area (Å²) in [6, 6.07) is -0.651. The molecular formula is C11H17NO2. The molecule has 0 amide bonds. The maximum Gasteiger partial charge on any atom is 0.324 e. The summed E-state index contributed by atoms with van der Waals surface area (Å²) in [7, 11) is 0. The van der Waals surface area contributed by atoms with Crippen LogP contribution in [0.1, 0.15) is 38.5 Å². The molecule has 3 nitrogen and oxygen atoms in total. The van der Waals surface area contributed by atoms with E-state index in [1.54, 1.807) is 0 Å². The molecular weight excluding hydrogens is 178 g/mol. The van der Waals surface area contributed by atoms with E-state index >= 15 is 0 Å². The highest BCUT2D eigenvalue weighted by molar-refractivity contribution is 5.76. The monoisotopic (exact) mass is 195 g/mol. The van der Waals surface area contributed by atoms with Crippen molar-refractivity contribution in [2.45, 2.75) is 50.7 Å². The predicted octanol–water partition coefficient (Wildman–Crippen LogP) is 1.21. The van der Waals surface area contributed by atoms with Gasteiger partial charge in [-0.05, 0) is 25.7 Å². The van der Waals surface area contributed by atoms with Gasteiger partial charge in [0.25, 0.3) is 0 Å². The standard InChI is InChI=1S/C11H17NO2/c1-2-6-10(12)11(13)14-9-7-4-3-5-8-9/h1,9-10H,3-8,12H2. The molecule has 0 radical (unpaired) electrons. The molecule has 0 saturated heterocycles. The number of carbonyl (C=O) groups is 1. The lowest BCUT2D eigenvalue weighted by atomic mass is 9.98. The first-order valence-electron chi connectivity index (χ1n) is 5.13. The summed E-state index contributed by atoms with van der Waals surface area (Å²) in [4.78, 5) is 11.4. The van der Waals surface area contributed by atoms with Gasteiger partial charge in [-0.1, -0.05) is 6.42 Å². The fourth-order valence-electron chi connectivity index (χ4n) is 1.64. The zero-order valence-electron chi connectivity index (χ0n) is 8.37. The summed E-state index contributed by atoms with van der Waals surface area (Å²) < 4.78 is 5.25. The molecule has 1 atom stereocenters. The molecule has 0 spiro atoms. The molecule has 78 valence electrons. The van der Waals surface area contributed by atoms with Crippen LogP contribution in [0, 0.1) is 12.3 Å². The van der Waals surface area contributed by atoms with Gasteiger partial charge in [0.15, 0.2) is 0 Å². The lowest BCUT2D eigenvalue weighted by molar-refractivity contribution is -0.151. The van der Waals surface area contributed by atoms with E-state index in [1.807, 2.05) is 0 Å². The minimum absolute atomic E-state index is 0.0695. The van der Waals surface area contributed by atoms with Gasteiger partial charge in [-0.3, -0.25) is 4.79 Å². The first kappa shape index (κ1) is 11.1. The number of terminal acetylenes is 1. The van der Waals surface area contributed by atoms with E-state index in [9.17, 15) is 4.79 Å². The number of nitrogens with two attached hydrogens (primary N) is 1. The second-order valence-corrected chi connectivity index (χ2v) is 3.71. The normalized spacial score (nSPS) is 19.7. The SMILES string of the molecule is C#CCC(N)C(=O)OC1CCCCC1. The second-order valence-electron chi connectivity index (χ2n) is 3.71. The maximum absolute atomic E-state index is 11.4. The maximum atomic E-state index is 11.4. The van der Waals surface area contributed by atoms with Crippen LogP contribution in [0.5, 0.6) is 0 Å². The minimum atomic E-state index is -0.651. The Hall–Kier alpha value is -1.01. The van der Waals surface area contributed by atoms with E-state index in [1.165, 1.54) is 6.42 Å². The van der Waals surface area contributed by atoms with Gasteiger partial charge < -0.3 is 10.5 Å². The number of esters is 1. The Bertz CT molecular complexity index is 226. The first-order chi connectivity index (χ1) is 6.74. The molecule has 1 rings (SSSR count). The van der Waals surface area contributed by atoms with E-state index in [0.29, 0.717) is 0 Å². The molecule has 0 aromatic heterocycles. The van der Waals surface area contributed by atoms with Crippen LogP contribution in [0.15, 0.2) is 0 Å². The molecule has 1 aliphatic carbocycles. The van der Waals surface area contributed by atoms with Crippen molar-refractivity contribution >= 4 is 5.97 Å². The Labute approximate surface area is 85.0 Å². The Kier molecular flexibility index (Phi) is 4.48. The van der Waals surface area contributed by atoms with E-state index < -0.39 is 6.04 Å². The third-order valence-corrected chi connectivity index (χ3v) is 2.48. The van der Waals surface area contributed by atoms with Crippen LogP contribution in [0.4, 0.5) is 0 Å². The molecule has 14 heavy (non-hydrogen) atoms. The fourth-order valence-corrected chi connectivity index (χ4v) is 1.64. The van der Waals surface area contributed by atoms with Crippen LogP contribution in [0.25, 0.3) is 0 Å². The molecule has 1 aliphatic rings. The van der Waals surface area contributed by atoms with E-state index in [2.05, 4.69) is 5.92 Å². The highest BCUT2D eigenvalue weighted by Crippen LogP contribution is 2.20. The van der Waals surface area contributed by atoms with Gasteiger partial charge in [0, 0.05) is 6.42 Å². The average Bonchev–Trinajstić information content (AvgIpc) is 2.19. The summed E-state index contributed by atoms with van der Waals surface area (Å²) in [6.07, 6.45) is 10.8. The molecule has 0 aliphatic heterocycles. The lowest BCUT2D eigenvalue weighted by Crippen LogP contribution is -2.35. The Balaban J connectivity index is 2.28. The lowest BCUT2D eigenvalue weighted by Gasteiger charge is -2.22. The van der Waals surface area contributed by atoms with Gasteiger partial charge in [0.1, 0.15) is 12.1 Å². The quantitative estimate of drug-likeness (QED) is 0.544. The van der Waals surface area contributed by atoms with Crippen molar-refractivity contribution in [2.75, 3.05) is 0 Å². The van der Waals surface area contributed by atoms with Crippen molar-refractivity contribution in [2.24, 2.45) is 5.73 Å². The smallest absolute Gasteiger partial charge is 0.324 e. The van der Waals surface area contributed by atoms with Gasteiger partial charge in [-0.25, -0.2) is 0 Å². The van der Waals surface area contributed by atoms with Crippen LogP contribution in [0.2, 0.25) is 0 Å². The molecule has 0 bridgehead atoms. The largest absolute Gasteiger partial charge is 0.461 e. The molecule has 0 aromatic rings. The van der Waals surface area contributed by atoms with E-state index in [0.717, 1.165) is 25.7 Å². The van der Waals surface area contributed by atoms with Gasteiger partial charge >= 0.3 is 5.97 Å². The highest BCUT2D eigenvalue weighted by atomic mass is 16.5. The van der Waals surface area contributed by atoms with Gasteiger partial charge in [-0.2, -0.15) is 0 Å². The number of carbonyl (C=O) groups excluding carboxylic acids is 1. The van der Waals surface area contributed by atoms with Crippen LogP contribution < -0.4 is 5.73 Å². The molecule has 2 N–H and O–H groups in total. The number of hydrogen-bond acceptors (Lipinski definition) is 3. The topological polar surface area (TPSA) is 52.3 Å². The average molecular weight is 195 g/mol. The molecule has 0 aromatic carbocycles. The van der Waals surface area contributed by atoms with Crippen molar-refractivity contribution in [3.05, 3.63) is 0 Å². The summed E-state index contributed by atoms with van der Waals surface area (Å²) in [5.41, 5.74) is 5.53. The summed E-state index contributed by atoms with van der Waals surface area (Å²) >= 11 is 0. The summed E-state index contributed by atoms with van der Waals surface area (Å²) in [5, 5.41) is 0. The Morgan fingerprint density at radius 3 is 2.71 bits per heavy atom. The third kappa shape index (κ3) is 3.39. The van der Waals surface area contributed by atoms with Crippen molar-refractivity contribution in [1.29, 1.82) is 0 Å². The van der Waals surface area contributed by atoms with Crippen molar-refractivity contribution in [3.8, 4) is 12.3 Å². The fraction of sp³-hybridized carbons (Fsp3) is 0.727. The van der Waals surface area contributed by atoms with E-state index in [-0.39, 0.29) is 18.5 Å². The first-order valence-corrected chi connectivity index (χ1v) is 5.13. The number of rotatable bonds is 3. The predicted molar refractivity (Wildman–Crippen MR) is 54.4 cm³/mol. The van der Waals surface area contributed by atoms with Crippen LogP contribution in [-0.4, -0.2) is 18.1 Å². The van der Waals surface area contributed by atoms with Gasteiger partial charge in [0.2, 0.25) is 0 Å². The molecule has 3 heteroatoms. The third-order valence-electron chi connectivity index (χ3n) is 2.48. The van der Waals surface area contributed by atoms with Crippen molar-refractivity contribution < 1.29 is 9.53 Å². The molecule has 1 fully saturated rings. The minimum Gasteiger partial charge on any atom is -0.461 e. The van der Waals surface area contributed by atoms with Gasteiger partial charge in [-0.15, -0.1) is 12.3 Å². The molecule has 1 saturated carbocycles. The second kappa shape index (κ2) is 5.66. The zero-order valence-corrected chi connectivity index (χ0v) is 8.37. The number of ether oxygens (including phenoxy) is 1. The van der Waals surface area contributed by atoms with Crippen molar-refractivity contribution in [1.82, 2.24) is 0 Å². The van der Waals surface area contributed by atoms with Crippen LogP contribution >= 0.6 is 0 Å². The van der Waals surface area contributed by atoms with Crippen LogP contribution in [-0.2, 0) is 9.53 Å². The molecule has 1 unspecified atom stereocenters. The van der Waals surface area contributed by atoms with Crippen molar-refractivity contribution in [3.63, 3.8) is 0 Å². The van der Waals surface area contributed by atoms with Crippen LogP contribution in [0.3, 0.4) is 0 Å². The van der Waals surface area contributed by atoms with E-state index in [4.69, 9.17) is 16.9 Å². The van der Waals surface area contributed by atoms with Gasteiger partial charge in [0.05, 0.1) is 0 Å².